The van der Waals surface area contributed by atoms with Crippen molar-refractivity contribution >= 4 is 23.2 Å². The van der Waals surface area contributed by atoms with Gasteiger partial charge in [-0.2, -0.15) is 0 Å². The number of methoxy groups -OCH3 is 2. The van der Waals surface area contributed by atoms with Crippen LogP contribution in [0.4, 0.5) is 5.69 Å². The van der Waals surface area contributed by atoms with Gasteiger partial charge in [0.2, 0.25) is 0 Å². The van der Waals surface area contributed by atoms with Gasteiger partial charge in [0, 0.05) is 24.2 Å². The number of guanidine groups is 1. The lowest BCUT2D eigenvalue weighted by Crippen LogP contribution is -2.50. The number of hydrogen-bond acceptors (Lipinski definition) is 5. The smallest absolute Gasteiger partial charge is 0.193 e. The number of morpholine rings is 1. The standard InChI is InChI=1S/C23H31ClN4O3/c1-23(2)15-28(11-12-31-23)20(16-5-7-17(24)8-6-16)14-26-22(25)27-19-13-18(29-3)9-10-21(19)30-4/h5-10,13,20H,11-12,14-15H2,1-4H3,(H3,25,26,27). The average molecular weight is 447 g/mol. The second kappa shape index (κ2) is 10.2. The Morgan fingerprint density at radius 3 is 2.61 bits per heavy atom. The highest BCUT2D eigenvalue weighted by atomic mass is 35.5. The minimum atomic E-state index is -0.218. The van der Waals surface area contributed by atoms with Gasteiger partial charge in [0.15, 0.2) is 5.96 Å². The van der Waals surface area contributed by atoms with Gasteiger partial charge in [-0.05, 0) is 43.7 Å². The lowest BCUT2D eigenvalue weighted by molar-refractivity contribution is -0.0966. The second-order valence-electron chi connectivity index (χ2n) is 8.06. The summed E-state index contributed by atoms with van der Waals surface area (Å²) >= 11 is 6.11. The first-order chi connectivity index (χ1) is 14.8. The largest absolute Gasteiger partial charge is 0.497 e. The molecular weight excluding hydrogens is 416 g/mol. The number of nitrogens with two attached hydrogens (primary N) is 1. The number of hydrogen-bond donors (Lipinski definition) is 2. The van der Waals surface area contributed by atoms with Crippen LogP contribution in [-0.4, -0.2) is 56.9 Å². The zero-order chi connectivity index (χ0) is 22.4. The summed E-state index contributed by atoms with van der Waals surface area (Å²) in [5, 5.41) is 3.84. The fourth-order valence-corrected chi connectivity index (χ4v) is 3.84. The van der Waals surface area contributed by atoms with Gasteiger partial charge in [0.25, 0.3) is 0 Å². The molecule has 3 N–H and O–H groups in total. The average Bonchev–Trinajstić information content (AvgIpc) is 2.74. The number of halogens is 1. The van der Waals surface area contributed by atoms with E-state index in [-0.39, 0.29) is 11.6 Å². The Balaban J connectivity index is 1.80. The minimum Gasteiger partial charge on any atom is -0.497 e. The van der Waals surface area contributed by atoms with Crippen LogP contribution in [0.3, 0.4) is 0 Å². The first kappa shape index (κ1) is 23.2. The Kier molecular flexibility index (Phi) is 7.64. The molecule has 0 amide bonds. The molecule has 0 spiro atoms. The molecule has 3 rings (SSSR count). The quantitative estimate of drug-likeness (QED) is 0.495. The van der Waals surface area contributed by atoms with E-state index in [4.69, 9.17) is 31.5 Å². The SMILES string of the molecule is COc1ccc(OC)c(NC(N)=NCC(c2ccc(Cl)cc2)N2CCOC(C)(C)C2)c1. The highest BCUT2D eigenvalue weighted by Gasteiger charge is 2.32. The van der Waals surface area contributed by atoms with E-state index < -0.39 is 0 Å². The third-order valence-corrected chi connectivity index (χ3v) is 5.51. The predicted molar refractivity (Wildman–Crippen MR) is 125 cm³/mol. The van der Waals surface area contributed by atoms with Gasteiger partial charge in [0.1, 0.15) is 11.5 Å². The molecule has 2 aromatic carbocycles. The van der Waals surface area contributed by atoms with Crippen molar-refractivity contribution in [1.29, 1.82) is 0 Å². The van der Waals surface area contributed by atoms with Crippen LogP contribution in [0.15, 0.2) is 47.5 Å². The Labute approximate surface area is 189 Å². The van der Waals surface area contributed by atoms with Crippen LogP contribution in [0.5, 0.6) is 11.5 Å². The molecule has 8 heteroatoms. The van der Waals surface area contributed by atoms with Crippen LogP contribution < -0.4 is 20.5 Å². The number of rotatable bonds is 7. The number of ether oxygens (including phenoxy) is 3. The monoisotopic (exact) mass is 446 g/mol. The summed E-state index contributed by atoms with van der Waals surface area (Å²) in [7, 11) is 3.22. The molecule has 0 aliphatic carbocycles. The third-order valence-electron chi connectivity index (χ3n) is 5.25. The predicted octanol–water partition coefficient (Wildman–Crippen LogP) is 3.94. The molecule has 2 aromatic rings. The molecule has 0 radical (unpaired) electrons. The van der Waals surface area contributed by atoms with Crippen molar-refractivity contribution in [1.82, 2.24) is 4.90 Å². The van der Waals surface area contributed by atoms with Gasteiger partial charge in [-0.25, -0.2) is 0 Å². The van der Waals surface area contributed by atoms with Gasteiger partial charge in [-0.15, -0.1) is 0 Å². The molecule has 1 fully saturated rings. The lowest BCUT2D eigenvalue weighted by Gasteiger charge is -2.42. The highest BCUT2D eigenvalue weighted by Crippen LogP contribution is 2.30. The fourth-order valence-electron chi connectivity index (χ4n) is 3.71. The highest BCUT2D eigenvalue weighted by molar-refractivity contribution is 6.30. The Bertz CT molecular complexity index is 902. The zero-order valence-corrected chi connectivity index (χ0v) is 19.3. The van der Waals surface area contributed by atoms with Crippen molar-refractivity contribution in [2.75, 3.05) is 45.8 Å². The molecule has 0 bridgehead atoms. The lowest BCUT2D eigenvalue weighted by atomic mass is 10.0. The van der Waals surface area contributed by atoms with Crippen molar-refractivity contribution in [2.24, 2.45) is 10.7 Å². The van der Waals surface area contributed by atoms with Crippen molar-refractivity contribution < 1.29 is 14.2 Å². The Morgan fingerprint density at radius 1 is 1.23 bits per heavy atom. The third kappa shape index (κ3) is 6.26. The van der Waals surface area contributed by atoms with Crippen LogP contribution in [0.25, 0.3) is 0 Å². The van der Waals surface area contributed by atoms with Crippen molar-refractivity contribution in [3.8, 4) is 11.5 Å². The molecule has 1 unspecified atom stereocenters. The molecule has 1 aliphatic heterocycles. The molecule has 0 aromatic heterocycles. The van der Waals surface area contributed by atoms with Crippen LogP contribution in [0.2, 0.25) is 5.02 Å². The Morgan fingerprint density at radius 2 is 1.97 bits per heavy atom. The van der Waals surface area contributed by atoms with Crippen molar-refractivity contribution in [2.45, 2.75) is 25.5 Å². The summed E-state index contributed by atoms with van der Waals surface area (Å²) in [6.45, 7) is 6.99. The van der Waals surface area contributed by atoms with Gasteiger partial charge in [-0.1, -0.05) is 23.7 Å². The molecule has 1 aliphatic rings. The molecule has 1 atom stereocenters. The first-order valence-electron chi connectivity index (χ1n) is 10.2. The number of nitrogens with zero attached hydrogens (tertiary/aromatic N) is 2. The van der Waals surface area contributed by atoms with E-state index in [1.807, 2.05) is 42.5 Å². The number of anilines is 1. The summed E-state index contributed by atoms with van der Waals surface area (Å²) < 4.78 is 16.6. The molecule has 7 nitrogen and oxygen atoms in total. The van der Waals surface area contributed by atoms with Crippen LogP contribution in [0.1, 0.15) is 25.5 Å². The number of nitrogens with one attached hydrogen (secondary N) is 1. The maximum absolute atomic E-state index is 6.23. The summed E-state index contributed by atoms with van der Waals surface area (Å²) in [5.74, 6) is 1.66. The summed E-state index contributed by atoms with van der Waals surface area (Å²) in [6, 6.07) is 13.4. The van der Waals surface area contributed by atoms with E-state index >= 15 is 0 Å². The van der Waals surface area contributed by atoms with E-state index in [0.717, 1.165) is 18.7 Å². The van der Waals surface area contributed by atoms with Gasteiger partial charge in [0.05, 0.1) is 44.7 Å². The molecule has 0 saturated carbocycles. The van der Waals surface area contributed by atoms with E-state index in [1.54, 1.807) is 14.2 Å². The molecule has 1 heterocycles. The molecule has 168 valence electrons. The Hall–Kier alpha value is -2.48. The van der Waals surface area contributed by atoms with Crippen molar-refractivity contribution in [3.63, 3.8) is 0 Å². The fraction of sp³-hybridized carbons (Fsp3) is 0.435. The molecular formula is C23H31ClN4O3. The van der Waals surface area contributed by atoms with Crippen molar-refractivity contribution in [3.05, 3.63) is 53.1 Å². The summed E-state index contributed by atoms with van der Waals surface area (Å²) in [4.78, 5) is 7.03. The molecule has 1 saturated heterocycles. The van der Waals surface area contributed by atoms with E-state index in [2.05, 4.69) is 29.1 Å². The molecule has 31 heavy (non-hydrogen) atoms. The second-order valence-corrected chi connectivity index (χ2v) is 8.50. The summed E-state index contributed by atoms with van der Waals surface area (Å²) in [5.41, 5.74) is 7.84. The minimum absolute atomic E-state index is 0.0491. The first-order valence-corrected chi connectivity index (χ1v) is 10.6. The number of aliphatic imine (C=N–C) groups is 1. The van der Waals surface area contributed by atoms with Crippen LogP contribution >= 0.6 is 11.6 Å². The van der Waals surface area contributed by atoms with Crippen LogP contribution in [-0.2, 0) is 4.74 Å². The zero-order valence-electron chi connectivity index (χ0n) is 18.5. The van der Waals surface area contributed by atoms with Gasteiger partial charge >= 0.3 is 0 Å². The maximum Gasteiger partial charge on any atom is 0.193 e. The topological polar surface area (TPSA) is 81.3 Å². The number of benzene rings is 2. The van der Waals surface area contributed by atoms with E-state index in [1.165, 1.54) is 0 Å². The van der Waals surface area contributed by atoms with Gasteiger partial charge < -0.3 is 25.3 Å². The van der Waals surface area contributed by atoms with Gasteiger partial charge in [-0.3, -0.25) is 9.89 Å². The normalized spacial score (nSPS) is 17.8. The summed E-state index contributed by atoms with van der Waals surface area (Å²) in [6.07, 6.45) is 0. The van der Waals surface area contributed by atoms with E-state index in [0.29, 0.717) is 41.3 Å². The van der Waals surface area contributed by atoms with Crippen LogP contribution in [0, 0.1) is 0 Å². The maximum atomic E-state index is 6.23. The van der Waals surface area contributed by atoms with E-state index in [9.17, 15) is 0 Å².